The van der Waals surface area contributed by atoms with Gasteiger partial charge in [0.15, 0.2) is 4.96 Å². The molecule has 0 aromatic carbocycles. The largest absolute Gasteiger partial charge is 0.454 e. The molecule has 0 aliphatic heterocycles. The van der Waals surface area contributed by atoms with Gasteiger partial charge in [0.1, 0.15) is 17.5 Å². The Kier molecular flexibility index (Phi) is 4.18. The number of aromatic nitrogens is 3. The lowest BCUT2D eigenvalue weighted by Crippen LogP contribution is -2.16. The fourth-order valence-corrected chi connectivity index (χ4v) is 3.39. The van der Waals surface area contributed by atoms with Crippen molar-refractivity contribution in [3.8, 4) is 0 Å². The number of halogens is 2. The summed E-state index contributed by atoms with van der Waals surface area (Å²) in [4.78, 5) is 29.0. The highest BCUT2D eigenvalue weighted by Gasteiger charge is 2.17. The van der Waals surface area contributed by atoms with Gasteiger partial charge in [-0.05, 0) is 13.0 Å². The number of rotatable bonds is 3. The van der Waals surface area contributed by atoms with Crippen molar-refractivity contribution in [1.29, 1.82) is 0 Å². The summed E-state index contributed by atoms with van der Waals surface area (Å²) in [5.41, 5.74) is 1.23. The lowest BCUT2D eigenvalue weighted by Gasteiger charge is -2.06. The molecule has 9 heteroatoms. The lowest BCUT2D eigenvalue weighted by molar-refractivity contribution is 0.0456. The predicted octanol–water partition coefficient (Wildman–Crippen LogP) is 3.07. The Morgan fingerprint density at radius 2 is 2.13 bits per heavy atom. The maximum atomic E-state index is 12.1. The van der Waals surface area contributed by atoms with E-state index in [2.05, 4.69) is 4.98 Å². The fraction of sp³-hybridized carbons (Fsp3) is 0.214. The zero-order valence-electron chi connectivity index (χ0n) is 12.2. The lowest BCUT2D eigenvalue weighted by atomic mass is 10.4. The van der Waals surface area contributed by atoms with Gasteiger partial charge in [0.25, 0.3) is 5.56 Å². The van der Waals surface area contributed by atoms with E-state index >= 15 is 0 Å². The van der Waals surface area contributed by atoms with E-state index in [0.29, 0.717) is 10.7 Å². The summed E-state index contributed by atoms with van der Waals surface area (Å²) in [7, 11) is 1.61. The number of nitrogens with zero attached hydrogens (tertiary/aromatic N) is 3. The van der Waals surface area contributed by atoms with Crippen LogP contribution in [-0.2, 0) is 18.4 Å². The first-order valence-electron chi connectivity index (χ1n) is 6.53. The molecule has 0 N–H and O–H groups in total. The van der Waals surface area contributed by atoms with E-state index in [1.165, 1.54) is 32.4 Å². The molecular weight excluding hydrogens is 361 g/mol. The highest BCUT2D eigenvalue weighted by Crippen LogP contribution is 2.25. The minimum atomic E-state index is -0.592. The molecule has 0 fully saturated rings. The van der Waals surface area contributed by atoms with Crippen LogP contribution in [0.2, 0.25) is 10.2 Å². The van der Waals surface area contributed by atoms with E-state index in [-0.39, 0.29) is 28.0 Å². The molecule has 0 atom stereocenters. The summed E-state index contributed by atoms with van der Waals surface area (Å²) >= 11 is 13.1. The number of carbonyl (C=O) groups excluding carboxylic acids is 1. The van der Waals surface area contributed by atoms with Crippen LogP contribution in [-0.4, -0.2) is 19.9 Å². The van der Waals surface area contributed by atoms with Crippen LogP contribution in [0.15, 0.2) is 22.3 Å². The minimum absolute atomic E-state index is 0.109. The zero-order chi connectivity index (χ0) is 16.7. The molecule has 120 valence electrons. The third-order valence-corrected chi connectivity index (χ3v) is 5.09. The second-order valence-corrected chi connectivity index (χ2v) is 6.49. The summed E-state index contributed by atoms with van der Waals surface area (Å²) in [6.07, 6.45) is 0. The van der Waals surface area contributed by atoms with Crippen molar-refractivity contribution in [3.05, 3.63) is 55.1 Å². The van der Waals surface area contributed by atoms with Crippen LogP contribution in [0.4, 0.5) is 0 Å². The molecule has 0 radical (unpaired) electrons. The van der Waals surface area contributed by atoms with E-state index in [1.807, 2.05) is 12.3 Å². The highest BCUT2D eigenvalue weighted by molar-refractivity contribution is 7.15. The third kappa shape index (κ3) is 2.87. The van der Waals surface area contributed by atoms with Gasteiger partial charge in [-0.15, -0.1) is 11.3 Å². The van der Waals surface area contributed by atoms with E-state index < -0.39 is 5.97 Å². The van der Waals surface area contributed by atoms with Gasteiger partial charge in [0.2, 0.25) is 0 Å². The summed E-state index contributed by atoms with van der Waals surface area (Å²) in [6.45, 7) is 1.72. The van der Waals surface area contributed by atoms with Crippen LogP contribution in [0.5, 0.6) is 0 Å². The number of ether oxygens (including phenoxy) is 1. The first kappa shape index (κ1) is 16.0. The molecule has 0 saturated carbocycles. The van der Waals surface area contributed by atoms with Crippen molar-refractivity contribution < 1.29 is 9.53 Å². The molecule has 23 heavy (non-hydrogen) atoms. The van der Waals surface area contributed by atoms with Crippen molar-refractivity contribution in [2.24, 2.45) is 7.05 Å². The molecule has 3 heterocycles. The van der Waals surface area contributed by atoms with Gasteiger partial charge < -0.3 is 9.30 Å². The van der Waals surface area contributed by atoms with Gasteiger partial charge in [-0.3, -0.25) is 9.20 Å². The molecule has 3 aromatic heterocycles. The summed E-state index contributed by atoms with van der Waals surface area (Å²) in [5, 5.41) is 2.37. The van der Waals surface area contributed by atoms with Crippen molar-refractivity contribution >= 4 is 45.5 Å². The molecule has 0 amide bonds. The van der Waals surface area contributed by atoms with Crippen LogP contribution >= 0.6 is 34.5 Å². The van der Waals surface area contributed by atoms with Crippen LogP contribution in [0.1, 0.15) is 21.9 Å². The molecular formula is C14H11Cl2N3O3S. The topological polar surface area (TPSA) is 65.6 Å². The SMILES string of the molecule is Cc1csc2nc(COC(=O)c3cc(Cl)c(Cl)n3C)cc(=O)n12. The first-order valence-corrected chi connectivity index (χ1v) is 8.16. The summed E-state index contributed by atoms with van der Waals surface area (Å²) in [6, 6.07) is 2.78. The van der Waals surface area contributed by atoms with Gasteiger partial charge in [-0.25, -0.2) is 9.78 Å². The molecule has 0 aliphatic carbocycles. The van der Waals surface area contributed by atoms with Crippen LogP contribution in [0.25, 0.3) is 4.96 Å². The van der Waals surface area contributed by atoms with Crippen molar-refractivity contribution in [2.45, 2.75) is 13.5 Å². The normalized spacial score (nSPS) is 11.1. The Balaban J connectivity index is 1.82. The maximum Gasteiger partial charge on any atom is 0.355 e. The number of hydrogen-bond acceptors (Lipinski definition) is 5. The molecule has 0 unspecified atom stereocenters. The van der Waals surface area contributed by atoms with Gasteiger partial charge >= 0.3 is 5.97 Å². The fourth-order valence-electron chi connectivity index (χ4n) is 2.13. The molecule has 0 aliphatic rings. The van der Waals surface area contributed by atoms with Crippen molar-refractivity contribution in [3.63, 3.8) is 0 Å². The highest BCUT2D eigenvalue weighted by atomic mass is 35.5. The average molecular weight is 372 g/mol. The minimum Gasteiger partial charge on any atom is -0.454 e. The first-order chi connectivity index (χ1) is 10.9. The molecule has 3 rings (SSSR count). The number of thiazole rings is 1. The monoisotopic (exact) mass is 371 g/mol. The third-order valence-electron chi connectivity index (χ3n) is 3.31. The van der Waals surface area contributed by atoms with E-state index in [0.717, 1.165) is 5.69 Å². The van der Waals surface area contributed by atoms with Crippen LogP contribution in [0.3, 0.4) is 0 Å². The molecule has 3 aromatic rings. The average Bonchev–Trinajstić information content (AvgIpc) is 3.01. The van der Waals surface area contributed by atoms with Gasteiger partial charge in [0.05, 0.1) is 10.7 Å². The van der Waals surface area contributed by atoms with E-state index in [4.69, 9.17) is 27.9 Å². The molecule has 0 bridgehead atoms. The Labute approximate surface area is 144 Å². The summed E-state index contributed by atoms with van der Waals surface area (Å²) in [5.74, 6) is -0.592. The number of hydrogen-bond donors (Lipinski definition) is 0. The van der Waals surface area contributed by atoms with Crippen LogP contribution in [0, 0.1) is 6.92 Å². The standard InChI is InChI=1S/C14H11Cl2N3O3S/c1-7-6-23-14-17-8(3-11(20)19(7)14)5-22-13(21)10-4-9(15)12(16)18(10)2/h3-4,6H,5H2,1-2H3. The number of esters is 1. The molecule has 0 saturated heterocycles. The van der Waals surface area contributed by atoms with Gasteiger partial charge in [0, 0.05) is 24.2 Å². The quantitative estimate of drug-likeness (QED) is 0.663. The number of fused-ring (bicyclic) bond motifs is 1. The smallest absolute Gasteiger partial charge is 0.355 e. The van der Waals surface area contributed by atoms with Crippen LogP contribution < -0.4 is 5.56 Å². The van der Waals surface area contributed by atoms with Gasteiger partial charge in [-0.1, -0.05) is 23.2 Å². The zero-order valence-corrected chi connectivity index (χ0v) is 14.5. The number of carbonyl (C=O) groups is 1. The number of aryl methyl sites for hydroxylation is 1. The van der Waals surface area contributed by atoms with E-state index in [1.54, 1.807) is 7.05 Å². The van der Waals surface area contributed by atoms with E-state index in [9.17, 15) is 9.59 Å². The Hall–Kier alpha value is -1.83. The summed E-state index contributed by atoms with van der Waals surface area (Å²) < 4.78 is 8.13. The van der Waals surface area contributed by atoms with Crippen molar-refractivity contribution in [2.75, 3.05) is 0 Å². The predicted molar refractivity (Wildman–Crippen MR) is 88.6 cm³/mol. The Morgan fingerprint density at radius 1 is 1.39 bits per heavy atom. The Bertz CT molecular complexity index is 974. The second kappa shape index (κ2) is 5.99. The maximum absolute atomic E-state index is 12.1. The van der Waals surface area contributed by atoms with Gasteiger partial charge in [-0.2, -0.15) is 0 Å². The second-order valence-electron chi connectivity index (χ2n) is 4.88. The molecule has 0 spiro atoms. The Morgan fingerprint density at radius 3 is 2.78 bits per heavy atom. The van der Waals surface area contributed by atoms with Crippen molar-refractivity contribution in [1.82, 2.24) is 14.0 Å². The molecule has 6 nitrogen and oxygen atoms in total.